The zero-order valence-corrected chi connectivity index (χ0v) is 10.1. The summed E-state index contributed by atoms with van der Waals surface area (Å²) in [6.45, 7) is 5.31. The van der Waals surface area contributed by atoms with Gasteiger partial charge in [-0.15, -0.1) is 0 Å². The first-order chi connectivity index (χ1) is 3.73. The normalized spacial score (nSPS) is 10.7. The topological polar surface area (TPSA) is 23.1 Å². The molecule has 0 aromatic rings. The van der Waals surface area contributed by atoms with Crippen molar-refractivity contribution in [3.05, 3.63) is 0 Å². The number of hydrogen-bond acceptors (Lipinski definition) is 1. The molecule has 0 atom stereocenters. The van der Waals surface area contributed by atoms with Gasteiger partial charge >= 0.3 is 0 Å². The van der Waals surface area contributed by atoms with E-state index in [0.717, 1.165) is 0 Å². The smallest absolute Gasteiger partial charge is 0.231 e. The molecule has 0 spiro atoms. The number of halogens is 1. The van der Waals surface area contributed by atoms with E-state index in [2.05, 4.69) is 27.3 Å². The minimum absolute atomic E-state index is 0.451. The van der Waals surface area contributed by atoms with Crippen LogP contribution in [0.4, 0.5) is 0 Å². The minimum atomic E-state index is -1.86. The Kier molecular flexibility index (Phi) is 8.11. The third-order valence-corrected chi connectivity index (χ3v) is 0. The molecule has 58 valence electrons. The van der Waals surface area contributed by atoms with Gasteiger partial charge in [-0.3, -0.25) is 0 Å². The Morgan fingerprint density at radius 3 is 1.22 bits per heavy atom. The third-order valence-electron chi connectivity index (χ3n) is 0. The second kappa shape index (κ2) is 5.77. The van der Waals surface area contributed by atoms with Crippen LogP contribution in [-0.2, 0) is 9.33 Å². The van der Waals surface area contributed by atoms with Crippen LogP contribution in [0.5, 0.6) is 0 Å². The summed E-state index contributed by atoms with van der Waals surface area (Å²) >= 11 is 3.30. The lowest BCUT2D eigenvalue weighted by Gasteiger charge is -2.21. The predicted octanol–water partition coefficient (Wildman–Crippen LogP) is 1.36. The summed E-state index contributed by atoms with van der Waals surface area (Å²) in [5.41, 5.74) is 0. The Hall–Kier alpha value is 1.01. The molecule has 0 N–H and O–H groups in total. The quantitative estimate of drug-likeness (QED) is 0.456. The molecule has 0 aliphatic rings. The summed E-state index contributed by atoms with van der Waals surface area (Å²) < 4.78 is 0. The van der Waals surface area contributed by atoms with Crippen LogP contribution < -0.4 is 4.80 Å². The lowest BCUT2D eigenvalue weighted by atomic mass is 11.8. The second-order valence-electron chi connectivity index (χ2n) is 2.83. The molecule has 0 bridgehead atoms. The molecule has 9 heavy (non-hydrogen) atoms. The largest absolute Gasteiger partial charge is 0.859 e. The van der Waals surface area contributed by atoms with E-state index in [0.29, 0.717) is 9.33 Å². The van der Waals surface area contributed by atoms with E-state index >= 15 is 0 Å². The van der Waals surface area contributed by atoms with Crippen LogP contribution in [-0.4, -0.2) is 20.8 Å². The van der Waals surface area contributed by atoms with Crippen LogP contribution in [0.15, 0.2) is 0 Å². The maximum atomic E-state index is 10.2. The summed E-state index contributed by atoms with van der Waals surface area (Å²) in [6.07, 6.45) is 4.22. The van der Waals surface area contributed by atoms with Crippen LogP contribution in [0.2, 0.25) is 19.6 Å². The monoisotopic (exact) mass is 230 g/mol. The molecule has 0 radical (unpaired) electrons. The molecule has 1 nitrogen and oxygen atoms in total. The standard InChI is InChI=1S/C3H9OSi.C2H6BrS/c1-5(2,3)4;1-4(2)3/h1-3H3;1-2H3/q-1;+1. The molecule has 0 saturated heterocycles. The molecule has 0 rings (SSSR count). The summed E-state index contributed by atoms with van der Waals surface area (Å²) in [5.74, 6) is 0. The van der Waals surface area contributed by atoms with Gasteiger partial charge in [-0.2, -0.15) is 0 Å². The minimum Gasteiger partial charge on any atom is -0.859 e. The molecule has 0 aliphatic heterocycles. The molecule has 0 unspecified atom stereocenters. The van der Waals surface area contributed by atoms with Crippen molar-refractivity contribution in [1.82, 2.24) is 0 Å². The molecular weight excluding hydrogens is 216 g/mol. The van der Waals surface area contributed by atoms with Gasteiger partial charge in [-0.05, 0) is 0 Å². The first kappa shape index (κ1) is 12.7. The van der Waals surface area contributed by atoms with E-state index < -0.39 is 8.32 Å². The van der Waals surface area contributed by atoms with Gasteiger partial charge in [0, 0.05) is 0 Å². The molecule has 0 saturated carbocycles. The fourth-order valence-electron chi connectivity index (χ4n) is 0. The molecule has 0 aromatic heterocycles. The van der Waals surface area contributed by atoms with Gasteiger partial charge in [-0.25, -0.2) is 0 Å². The average Bonchev–Trinajstić information content (AvgIpc) is 1.19. The predicted molar refractivity (Wildman–Crippen MR) is 51.5 cm³/mol. The highest BCUT2D eigenvalue weighted by Gasteiger charge is 1.86. The number of rotatable bonds is 0. The Morgan fingerprint density at radius 1 is 1.22 bits per heavy atom. The molecule has 0 aromatic carbocycles. The van der Waals surface area contributed by atoms with Crippen LogP contribution in [0.1, 0.15) is 0 Å². The summed E-state index contributed by atoms with van der Waals surface area (Å²) in [5, 5.41) is 0. The maximum Gasteiger partial charge on any atom is 0.231 e. The summed E-state index contributed by atoms with van der Waals surface area (Å²) in [6, 6.07) is 0. The second-order valence-corrected chi connectivity index (χ2v) is 12.4. The van der Waals surface area contributed by atoms with Gasteiger partial charge < -0.3 is 4.80 Å². The van der Waals surface area contributed by atoms with Crippen LogP contribution in [0.25, 0.3) is 0 Å². The van der Waals surface area contributed by atoms with Crippen molar-refractivity contribution < 1.29 is 4.80 Å². The third kappa shape index (κ3) is 436. The zero-order chi connectivity index (χ0) is 8.08. The zero-order valence-electron chi connectivity index (χ0n) is 6.69. The van der Waals surface area contributed by atoms with E-state index in [4.69, 9.17) is 0 Å². The van der Waals surface area contributed by atoms with E-state index in [-0.39, 0.29) is 0 Å². The van der Waals surface area contributed by atoms with E-state index in [1.165, 1.54) is 0 Å². The highest BCUT2D eigenvalue weighted by Crippen LogP contribution is 1.90. The fourth-order valence-corrected chi connectivity index (χ4v) is 0. The Balaban J connectivity index is 0. The van der Waals surface area contributed by atoms with Gasteiger partial charge in [0.15, 0.2) is 0 Å². The molecule has 0 amide bonds. The van der Waals surface area contributed by atoms with Gasteiger partial charge in [0.2, 0.25) is 14.8 Å². The van der Waals surface area contributed by atoms with E-state index in [9.17, 15) is 4.80 Å². The first-order valence-electron chi connectivity index (χ1n) is 2.67. The lowest BCUT2D eigenvalue weighted by molar-refractivity contribution is -0.203. The first-order valence-corrected chi connectivity index (χ1v) is 9.97. The Morgan fingerprint density at radius 2 is 1.22 bits per heavy atom. The van der Waals surface area contributed by atoms with Crippen molar-refractivity contribution in [3.63, 3.8) is 0 Å². The Bertz CT molecular complexity index is 53.7. The van der Waals surface area contributed by atoms with Gasteiger partial charge in [-0.1, -0.05) is 28.0 Å². The SMILES string of the molecule is C[S+](C)Br.C[Si](C)(C)[O-]. The lowest BCUT2D eigenvalue weighted by Crippen LogP contribution is -2.38. The number of hydrogen-bond donors (Lipinski definition) is 0. The highest BCUT2D eigenvalue weighted by molar-refractivity contribution is 9.48. The highest BCUT2D eigenvalue weighted by atomic mass is 79.9. The molecule has 0 fully saturated rings. The van der Waals surface area contributed by atoms with E-state index in [1.807, 2.05) is 0 Å². The maximum absolute atomic E-state index is 10.2. The van der Waals surface area contributed by atoms with Crippen LogP contribution >= 0.6 is 14.8 Å². The van der Waals surface area contributed by atoms with Crippen molar-refractivity contribution >= 4 is 32.5 Å². The van der Waals surface area contributed by atoms with Crippen molar-refractivity contribution in [1.29, 1.82) is 0 Å². The van der Waals surface area contributed by atoms with Crippen LogP contribution in [0.3, 0.4) is 0 Å². The average molecular weight is 231 g/mol. The fraction of sp³-hybridized carbons (Fsp3) is 1.00. The van der Waals surface area contributed by atoms with E-state index in [1.54, 1.807) is 19.6 Å². The molecule has 0 heterocycles. The summed E-state index contributed by atoms with van der Waals surface area (Å²) in [4.78, 5) is 10.2. The Labute approximate surface area is 69.5 Å². The molecule has 0 aliphatic carbocycles. The summed E-state index contributed by atoms with van der Waals surface area (Å²) in [7, 11) is -1.41. The molecule has 4 heteroatoms. The van der Waals surface area contributed by atoms with Gasteiger partial charge in [0.25, 0.3) is 0 Å². The van der Waals surface area contributed by atoms with Gasteiger partial charge in [0.1, 0.15) is 12.5 Å². The van der Waals surface area contributed by atoms with Crippen molar-refractivity contribution in [2.45, 2.75) is 19.6 Å². The van der Waals surface area contributed by atoms with Crippen molar-refractivity contribution in [2.24, 2.45) is 0 Å². The molecular formula is C5H15BrOSSi. The van der Waals surface area contributed by atoms with Crippen molar-refractivity contribution in [2.75, 3.05) is 12.5 Å². The van der Waals surface area contributed by atoms with Crippen molar-refractivity contribution in [3.8, 4) is 0 Å². The van der Waals surface area contributed by atoms with Gasteiger partial charge in [0.05, 0.1) is 9.33 Å². The van der Waals surface area contributed by atoms with Crippen LogP contribution in [0, 0.1) is 0 Å².